The number of alkyl halides is 2. The van der Waals surface area contributed by atoms with Crippen molar-refractivity contribution in [3.05, 3.63) is 71.0 Å². The second-order valence-electron chi connectivity index (χ2n) is 4.93. The van der Waals surface area contributed by atoms with E-state index in [1.165, 1.54) is 30.3 Å². The van der Waals surface area contributed by atoms with Gasteiger partial charge in [-0.05, 0) is 36.2 Å². The molecule has 0 nitrogen and oxygen atoms in total. The van der Waals surface area contributed by atoms with Crippen molar-refractivity contribution in [3.63, 3.8) is 0 Å². The fourth-order valence-corrected chi connectivity index (χ4v) is 4.22. The quantitative estimate of drug-likeness (QED) is 0.569. The van der Waals surface area contributed by atoms with Gasteiger partial charge in [0.25, 0.3) is 0 Å². The molecular formula is C16H13Br2F3. The smallest absolute Gasteiger partial charge is 0.129 e. The fourth-order valence-electron chi connectivity index (χ4n) is 2.24. The average Bonchev–Trinajstić information content (AvgIpc) is 2.48. The van der Waals surface area contributed by atoms with Gasteiger partial charge < -0.3 is 0 Å². The highest BCUT2D eigenvalue weighted by atomic mass is 79.9. The summed E-state index contributed by atoms with van der Waals surface area (Å²) in [6.45, 7) is 0. The van der Waals surface area contributed by atoms with Gasteiger partial charge in [0.05, 0.1) is 0 Å². The van der Waals surface area contributed by atoms with Crippen molar-refractivity contribution < 1.29 is 13.2 Å². The van der Waals surface area contributed by atoms with Gasteiger partial charge >= 0.3 is 0 Å². The maximum Gasteiger partial charge on any atom is 0.129 e. The summed E-state index contributed by atoms with van der Waals surface area (Å²) in [6, 6.07) is 9.92. The fraction of sp³-hybridized carbons (Fsp3) is 0.250. The highest BCUT2D eigenvalue weighted by molar-refractivity contribution is 9.09. The lowest BCUT2D eigenvalue weighted by Crippen LogP contribution is -2.33. The standard InChI is InChI=1S/C16H13Br2F3/c17-9-16(10-18,11-3-1-4-12(19)7-11)8-13-14(20)5-2-6-15(13)21/h1-7H,8-10H2. The molecule has 0 fully saturated rings. The summed E-state index contributed by atoms with van der Waals surface area (Å²) in [6.07, 6.45) is 0.130. The van der Waals surface area contributed by atoms with Crippen molar-refractivity contribution in [3.8, 4) is 0 Å². The Bertz CT molecular complexity index is 604. The molecule has 0 N–H and O–H groups in total. The molecule has 0 aliphatic rings. The zero-order valence-electron chi connectivity index (χ0n) is 11.1. The Morgan fingerprint density at radius 3 is 1.95 bits per heavy atom. The second-order valence-corrected chi connectivity index (χ2v) is 6.06. The first-order chi connectivity index (χ1) is 10.0. The highest BCUT2D eigenvalue weighted by Gasteiger charge is 2.33. The van der Waals surface area contributed by atoms with Crippen molar-refractivity contribution in [1.82, 2.24) is 0 Å². The van der Waals surface area contributed by atoms with Crippen LogP contribution < -0.4 is 0 Å². The van der Waals surface area contributed by atoms with Gasteiger partial charge in [0.2, 0.25) is 0 Å². The number of rotatable bonds is 5. The summed E-state index contributed by atoms with van der Waals surface area (Å²) in [5.41, 5.74) is 0.0741. The van der Waals surface area contributed by atoms with E-state index >= 15 is 0 Å². The minimum absolute atomic E-state index is 0.0145. The van der Waals surface area contributed by atoms with Crippen LogP contribution in [-0.2, 0) is 11.8 Å². The lowest BCUT2D eigenvalue weighted by Gasteiger charge is -2.31. The first-order valence-corrected chi connectivity index (χ1v) is 8.57. The van der Waals surface area contributed by atoms with Gasteiger partial charge in [0.1, 0.15) is 17.5 Å². The molecule has 0 unspecified atom stereocenters. The SMILES string of the molecule is Fc1cccc(C(CBr)(CBr)Cc2c(F)cccc2F)c1. The highest BCUT2D eigenvalue weighted by Crippen LogP contribution is 2.34. The molecular weight excluding hydrogens is 409 g/mol. The molecule has 0 aliphatic heterocycles. The topological polar surface area (TPSA) is 0 Å². The van der Waals surface area contributed by atoms with E-state index in [4.69, 9.17) is 0 Å². The van der Waals surface area contributed by atoms with Crippen molar-refractivity contribution in [2.24, 2.45) is 0 Å². The van der Waals surface area contributed by atoms with Crippen LogP contribution in [0, 0.1) is 17.5 Å². The van der Waals surface area contributed by atoms with Gasteiger partial charge in [-0.25, -0.2) is 13.2 Å². The first kappa shape index (κ1) is 16.6. The molecule has 0 heterocycles. The van der Waals surface area contributed by atoms with Crippen LogP contribution in [0.4, 0.5) is 13.2 Å². The third-order valence-electron chi connectivity index (χ3n) is 3.53. The van der Waals surface area contributed by atoms with Gasteiger partial charge in [-0.3, -0.25) is 0 Å². The molecule has 2 aromatic carbocycles. The lowest BCUT2D eigenvalue weighted by atomic mass is 9.79. The van der Waals surface area contributed by atoms with Crippen LogP contribution in [0.25, 0.3) is 0 Å². The van der Waals surface area contributed by atoms with Crippen molar-refractivity contribution in [2.75, 3.05) is 10.7 Å². The van der Waals surface area contributed by atoms with Crippen molar-refractivity contribution >= 4 is 31.9 Å². The number of hydrogen-bond donors (Lipinski definition) is 0. The molecule has 0 amide bonds. The maximum atomic E-state index is 13.9. The Hall–Kier alpha value is -0.810. The van der Waals surface area contributed by atoms with E-state index in [9.17, 15) is 13.2 Å². The molecule has 0 saturated heterocycles. The molecule has 0 radical (unpaired) electrons. The van der Waals surface area contributed by atoms with Crippen LogP contribution in [0.2, 0.25) is 0 Å². The molecule has 21 heavy (non-hydrogen) atoms. The van der Waals surface area contributed by atoms with Crippen LogP contribution in [0.1, 0.15) is 11.1 Å². The lowest BCUT2D eigenvalue weighted by molar-refractivity contribution is 0.488. The molecule has 2 aromatic rings. The Morgan fingerprint density at radius 2 is 1.43 bits per heavy atom. The summed E-state index contributed by atoms with van der Waals surface area (Å²) in [5, 5.41) is 0.894. The molecule has 0 saturated carbocycles. The largest absolute Gasteiger partial charge is 0.207 e. The predicted molar refractivity (Wildman–Crippen MR) is 85.7 cm³/mol. The number of hydrogen-bond acceptors (Lipinski definition) is 0. The van der Waals surface area contributed by atoms with Crippen LogP contribution >= 0.6 is 31.9 Å². The third-order valence-corrected chi connectivity index (χ3v) is 5.67. The van der Waals surface area contributed by atoms with Crippen molar-refractivity contribution in [1.29, 1.82) is 0 Å². The van der Waals surface area contributed by atoms with E-state index in [2.05, 4.69) is 31.9 Å². The van der Waals surface area contributed by atoms with Gasteiger partial charge in [-0.1, -0.05) is 50.1 Å². The zero-order chi connectivity index (χ0) is 15.5. The van der Waals surface area contributed by atoms with Crippen molar-refractivity contribution in [2.45, 2.75) is 11.8 Å². The Morgan fingerprint density at radius 1 is 0.857 bits per heavy atom. The van der Waals surface area contributed by atoms with Crippen LogP contribution in [0.3, 0.4) is 0 Å². The molecule has 0 bridgehead atoms. The Balaban J connectivity index is 2.48. The predicted octanol–water partition coefficient (Wildman–Crippen LogP) is 5.37. The van der Waals surface area contributed by atoms with Crippen LogP contribution in [0.5, 0.6) is 0 Å². The number of halogens is 5. The van der Waals surface area contributed by atoms with E-state index < -0.39 is 17.0 Å². The maximum absolute atomic E-state index is 13.9. The van der Waals surface area contributed by atoms with Gasteiger partial charge in [-0.15, -0.1) is 0 Å². The molecule has 5 heteroatoms. The van der Waals surface area contributed by atoms with E-state index in [1.54, 1.807) is 12.1 Å². The summed E-state index contributed by atoms with van der Waals surface area (Å²) in [4.78, 5) is 0. The van der Waals surface area contributed by atoms with Crippen LogP contribution in [0.15, 0.2) is 42.5 Å². The minimum Gasteiger partial charge on any atom is -0.207 e. The zero-order valence-corrected chi connectivity index (χ0v) is 14.2. The summed E-state index contributed by atoms with van der Waals surface area (Å²) in [5.74, 6) is -1.54. The van der Waals surface area contributed by atoms with Gasteiger partial charge in [-0.2, -0.15) is 0 Å². The van der Waals surface area contributed by atoms with E-state index in [0.29, 0.717) is 16.2 Å². The first-order valence-electron chi connectivity index (χ1n) is 6.33. The Labute approximate surface area is 138 Å². The molecule has 0 aromatic heterocycles. The second kappa shape index (κ2) is 6.97. The molecule has 0 aliphatic carbocycles. The summed E-state index contributed by atoms with van der Waals surface area (Å²) < 4.78 is 41.3. The van der Waals surface area contributed by atoms with Gasteiger partial charge in [0, 0.05) is 21.6 Å². The monoisotopic (exact) mass is 420 g/mol. The molecule has 0 spiro atoms. The summed E-state index contributed by atoms with van der Waals surface area (Å²) >= 11 is 6.81. The molecule has 112 valence electrons. The average molecular weight is 422 g/mol. The number of benzene rings is 2. The Kier molecular flexibility index (Phi) is 5.49. The molecule has 2 rings (SSSR count). The molecule has 0 atom stereocenters. The summed E-state index contributed by atoms with van der Waals surface area (Å²) in [7, 11) is 0. The van der Waals surface area contributed by atoms with Crippen LogP contribution in [-0.4, -0.2) is 10.7 Å². The third kappa shape index (κ3) is 3.51. The van der Waals surface area contributed by atoms with Gasteiger partial charge in [0.15, 0.2) is 0 Å². The van der Waals surface area contributed by atoms with E-state index in [0.717, 1.165) is 0 Å². The minimum atomic E-state index is -0.634. The van der Waals surface area contributed by atoms with E-state index in [1.807, 2.05) is 0 Å². The normalized spacial score (nSPS) is 11.7. The van der Waals surface area contributed by atoms with E-state index in [-0.39, 0.29) is 17.8 Å².